The summed E-state index contributed by atoms with van der Waals surface area (Å²) in [6.07, 6.45) is 0. The largest absolute Gasteiger partial charge is 0.360 e. The van der Waals surface area contributed by atoms with Crippen molar-refractivity contribution < 1.29 is 8.91 Å². The fourth-order valence-electron chi connectivity index (χ4n) is 1.93. The molecule has 0 amide bonds. The Bertz CT molecular complexity index is 802. The second-order valence-electron chi connectivity index (χ2n) is 4.77. The van der Waals surface area contributed by atoms with Gasteiger partial charge in [0.2, 0.25) is 5.95 Å². The number of para-hydroxylation sites is 1. The molecule has 0 aliphatic carbocycles. The molecule has 0 fully saturated rings. The van der Waals surface area contributed by atoms with Gasteiger partial charge in [-0.2, -0.15) is 4.98 Å². The van der Waals surface area contributed by atoms with Crippen LogP contribution < -0.4 is 10.6 Å². The van der Waals surface area contributed by atoms with Crippen molar-refractivity contribution in [2.45, 2.75) is 13.8 Å². The number of nitrogens with one attached hydrogen (secondary N) is 2. The third kappa shape index (κ3) is 3.20. The van der Waals surface area contributed by atoms with Crippen LogP contribution >= 0.6 is 0 Å². The number of benzene rings is 1. The van der Waals surface area contributed by atoms with Gasteiger partial charge in [-0.3, -0.25) is 0 Å². The van der Waals surface area contributed by atoms with Gasteiger partial charge in [-0.15, -0.1) is 0 Å². The first-order chi connectivity index (χ1) is 10.6. The molecule has 6 nitrogen and oxygen atoms in total. The van der Waals surface area contributed by atoms with E-state index in [9.17, 15) is 4.39 Å². The molecule has 3 rings (SSSR count). The van der Waals surface area contributed by atoms with E-state index in [-0.39, 0.29) is 5.82 Å². The van der Waals surface area contributed by atoms with Crippen LogP contribution in [0.15, 0.2) is 40.9 Å². The molecule has 0 aliphatic heterocycles. The highest BCUT2D eigenvalue weighted by molar-refractivity contribution is 5.59. The maximum absolute atomic E-state index is 13.7. The van der Waals surface area contributed by atoms with Crippen molar-refractivity contribution in [2.75, 3.05) is 10.6 Å². The molecule has 2 aromatic heterocycles. The number of aryl methyl sites for hydroxylation is 2. The lowest BCUT2D eigenvalue weighted by molar-refractivity contribution is 0.400. The maximum atomic E-state index is 13.7. The number of rotatable bonds is 4. The number of nitrogens with zero attached hydrogens (tertiary/aromatic N) is 3. The average molecular weight is 299 g/mol. The summed E-state index contributed by atoms with van der Waals surface area (Å²) >= 11 is 0. The molecular weight excluding hydrogens is 285 g/mol. The monoisotopic (exact) mass is 299 g/mol. The summed E-state index contributed by atoms with van der Waals surface area (Å²) in [6, 6.07) is 9.86. The van der Waals surface area contributed by atoms with Crippen molar-refractivity contribution in [2.24, 2.45) is 0 Å². The molecule has 0 saturated carbocycles. The Morgan fingerprint density at radius 2 is 1.82 bits per heavy atom. The maximum Gasteiger partial charge on any atom is 0.230 e. The molecule has 1 aromatic carbocycles. The molecule has 22 heavy (non-hydrogen) atoms. The second-order valence-corrected chi connectivity index (χ2v) is 4.77. The van der Waals surface area contributed by atoms with Crippen LogP contribution in [0.4, 0.5) is 27.7 Å². The Kier molecular flexibility index (Phi) is 3.69. The first-order valence-electron chi connectivity index (χ1n) is 6.68. The van der Waals surface area contributed by atoms with E-state index in [0.29, 0.717) is 29.0 Å². The second kappa shape index (κ2) is 5.80. The molecule has 112 valence electrons. The van der Waals surface area contributed by atoms with Gasteiger partial charge in [0.1, 0.15) is 17.4 Å². The van der Waals surface area contributed by atoms with Crippen molar-refractivity contribution in [3.63, 3.8) is 0 Å². The van der Waals surface area contributed by atoms with E-state index in [4.69, 9.17) is 4.52 Å². The molecule has 0 unspecified atom stereocenters. The van der Waals surface area contributed by atoms with Gasteiger partial charge in [-0.05, 0) is 26.0 Å². The molecule has 0 atom stereocenters. The highest BCUT2D eigenvalue weighted by atomic mass is 19.1. The summed E-state index contributed by atoms with van der Waals surface area (Å²) in [4.78, 5) is 8.56. The van der Waals surface area contributed by atoms with Crippen molar-refractivity contribution >= 4 is 23.3 Å². The van der Waals surface area contributed by atoms with Crippen molar-refractivity contribution in [1.82, 2.24) is 15.1 Å². The molecule has 0 bridgehead atoms. The summed E-state index contributed by atoms with van der Waals surface area (Å²) in [5.41, 5.74) is 1.08. The molecule has 0 radical (unpaired) electrons. The minimum atomic E-state index is -0.347. The van der Waals surface area contributed by atoms with Crippen LogP contribution in [-0.2, 0) is 0 Å². The van der Waals surface area contributed by atoms with Crippen molar-refractivity contribution in [3.05, 3.63) is 53.7 Å². The number of aromatic nitrogens is 3. The predicted octanol–water partition coefficient (Wildman–Crippen LogP) is 3.71. The van der Waals surface area contributed by atoms with E-state index in [2.05, 4.69) is 25.8 Å². The summed E-state index contributed by atoms with van der Waals surface area (Å²) in [6.45, 7) is 3.62. The Morgan fingerprint density at radius 1 is 1.00 bits per heavy atom. The zero-order chi connectivity index (χ0) is 15.5. The van der Waals surface area contributed by atoms with E-state index in [0.717, 1.165) is 5.69 Å². The van der Waals surface area contributed by atoms with Crippen LogP contribution in [0.3, 0.4) is 0 Å². The minimum Gasteiger partial charge on any atom is -0.360 e. The molecule has 7 heteroatoms. The predicted molar refractivity (Wildman–Crippen MR) is 81.0 cm³/mol. The highest BCUT2D eigenvalue weighted by Gasteiger charge is 2.07. The van der Waals surface area contributed by atoms with Crippen LogP contribution in [0.2, 0.25) is 0 Å². The number of hydrogen-bond acceptors (Lipinski definition) is 6. The van der Waals surface area contributed by atoms with Crippen LogP contribution in [-0.4, -0.2) is 15.1 Å². The van der Waals surface area contributed by atoms with E-state index in [1.54, 1.807) is 37.3 Å². The molecular formula is C15H14FN5O. The number of halogens is 1. The minimum absolute atomic E-state index is 0.347. The Morgan fingerprint density at radius 3 is 2.55 bits per heavy atom. The molecule has 3 aromatic rings. The van der Waals surface area contributed by atoms with Crippen LogP contribution in [0.5, 0.6) is 0 Å². The number of anilines is 4. The van der Waals surface area contributed by atoms with Gasteiger partial charge in [-0.25, -0.2) is 9.37 Å². The first-order valence-corrected chi connectivity index (χ1v) is 6.68. The van der Waals surface area contributed by atoms with E-state index in [1.165, 1.54) is 6.07 Å². The zero-order valence-corrected chi connectivity index (χ0v) is 12.1. The summed E-state index contributed by atoms with van der Waals surface area (Å²) in [5, 5.41) is 9.70. The van der Waals surface area contributed by atoms with Crippen LogP contribution in [0, 0.1) is 19.7 Å². The topological polar surface area (TPSA) is 75.9 Å². The normalized spacial score (nSPS) is 10.5. The quantitative estimate of drug-likeness (QED) is 0.765. The standard InChI is InChI=1S/C15H14FN5O/c1-9-7-13(18-12-6-4-3-5-11(12)16)19-15(17-9)20-14-8-10(2)22-21-14/h3-8H,1-2H3,(H2,17,18,19,20,21). The fraction of sp³-hybridized carbons (Fsp3) is 0.133. The van der Waals surface area contributed by atoms with E-state index < -0.39 is 0 Å². The van der Waals surface area contributed by atoms with Gasteiger partial charge >= 0.3 is 0 Å². The highest BCUT2D eigenvalue weighted by Crippen LogP contribution is 2.20. The zero-order valence-electron chi connectivity index (χ0n) is 12.1. The fourth-order valence-corrected chi connectivity index (χ4v) is 1.93. The summed E-state index contributed by atoms with van der Waals surface area (Å²) in [7, 11) is 0. The Balaban J connectivity index is 1.85. The van der Waals surface area contributed by atoms with Gasteiger partial charge in [0.25, 0.3) is 0 Å². The summed E-state index contributed by atoms with van der Waals surface area (Å²) < 4.78 is 18.7. The average Bonchev–Trinajstić information content (AvgIpc) is 2.86. The third-order valence-corrected chi connectivity index (χ3v) is 2.86. The first kappa shape index (κ1) is 14.0. The molecule has 0 saturated heterocycles. The van der Waals surface area contributed by atoms with Crippen LogP contribution in [0.25, 0.3) is 0 Å². The third-order valence-electron chi connectivity index (χ3n) is 2.86. The smallest absolute Gasteiger partial charge is 0.230 e. The van der Waals surface area contributed by atoms with Gasteiger partial charge < -0.3 is 15.2 Å². The lowest BCUT2D eigenvalue weighted by atomic mass is 10.3. The SMILES string of the molecule is Cc1cc(Nc2ccccc2F)nc(Nc2cc(C)on2)n1. The van der Waals surface area contributed by atoms with E-state index in [1.807, 2.05) is 6.92 Å². The number of hydrogen-bond donors (Lipinski definition) is 2. The molecule has 2 N–H and O–H groups in total. The van der Waals surface area contributed by atoms with Gasteiger partial charge in [-0.1, -0.05) is 17.3 Å². The molecule has 2 heterocycles. The Hall–Kier alpha value is -2.96. The molecule has 0 spiro atoms. The van der Waals surface area contributed by atoms with Crippen molar-refractivity contribution in [3.8, 4) is 0 Å². The van der Waals surface area contributed by atoms with Crippen molar-refractivity contribution in [1.29, 1.82) is 0 Å². The van der Waals surface area contributed by atoms with Crippen LogP contribution in [0.1, 0.15) is 11.5 Å². The van der Waals surface area contributed by atoms with Gasteiger partial charge in [0.05, 0.1) is 5.69 Å². The lowest BCUT2D eigenvalue weighted by Gasteiger charge is -2.09. The van der Waals surface area contributed by atoms with E-state index >= 15 is 0 Å². The van der Waals surface area contributed by atoms with Gasteiger partial charge in [0.15, 0.2) is 5.82 Å². The lowest BCUT2D eigenvalue weighted by Crippen LogP contribution is -2.03. The molecule has 0 aliphatic rings. The Labute approximate surface area is 126 Å². The summed E-state index contributed by atoms with van der Waals surface area (Å²) in [5.74, 6) is 1.69. The van der Waals surface area contributed by atoms with Gasteiger partial charge in [0, 0.05) is 17.8 Å².